The summed E-state index contributed by atoms with van der Waals surface area (Å²) in [4.78, 5) is 27.8. The van der Waals surface area contributed by atoms with Crippen LogP contribution in [-0.4, -0.2) is 22.6 Å². The maximum atomic E-state index is 11.4. The van der Waals surface area contributed by atoms with Crippen molar-refractivity contribution in [2.45, 2.75) is 31.7 Å². The monoisotopic (exact) mass is 288 g/mol. The summed E-state index contributed by atoms with van der Waals surface area (Å²) < 4.78 is 0. The van der Waals surface area contributed by atoms with Crippen LogP contribution in [0.4, 0.5) is 5.69 Å². The van der Waals surface area contributed by atoms with Gasteiger partial charge in [0.05, 0.1) is 11.0 Å². The van der Waals surface area contributed by atoms with Gasteiger partial charge in [-0.3, -0.25) is 9.59 Å². The number of aromatic nitrogens is 2. The molecule has 5 N–H and O–H groups in total. The standard InChI is InChI=1S/C15H20N4O2/c16-8-9-3-1-2-4-11(9)17-10-5-6-12-13(7-10)19-15(21)14(20)18-12/h5-7,9,11,17H,1-4,8,16H2,(H,18,20)(H,19,21). The zero-order chi connectivity index (χ0) is 14.8. The van der Waals surface area contributed by atoms with Crippen molar-refractivity contribution in [2.24, 2.45) is 11.7 Å². The molecule has 1 fully saturated rings. The Hall–Kier alpha value is -2.08. The van der Waals surface area contributed by atoms with Gasteiger partial charge in [-0.15, -0.1) is 0 Å². The Morgan fingerprint density at radius 1 is 1.10 bits per heavy atom. The van der Waals surface area contributed by atoms with Gasteiger partial charge in [-0.25, -0.2) is 0 Å². The Kier molecular flexibility index (Phi) is 3.79. The lowest BCUT2D eigenvalue weighted by molar-refractivity contribution is 0.332. The Balaban J connectivity index is 1.88. The summed E-state index contributed by atoms with van der Waals surface area (Å²) in [5.41, 5.74) is 6.79. The van der Waals surface area contributed by atoms with Crippen LogP contribution >= 0.6 is 0 Å². The molecule has 0 spiro atoms. The second kappa shape index (κ2) is 5.73. The summed E-state index contributed by atoms with van der Waals surface area (Å²) in [5.74, 6) is 0.490. The van der Waals surface area contributed by atoms with E-state index in [0.717, 1.165) is 18.5 Å². The maximum Gasteiger partial charge on any atom is 0.314 e. The molecular weight excluding hydrogens is 268 g/mol. The summed E-state index contributed by atoms with van der Waals surface area (Å²) in [6, 6.07) is 5.94. The number of fused-ring (bicyclic) bond motifs is 1. The van der Waals surface area contributed by atoms with Crippen molar-refractivity contribution < 1.29 is 0 Å². The molecule has 0 radical (unpaired) electrons. The second-order valence-corrected chi connectivity index (χ2v) is 5.70. The van der Waals surface area contributed by atoms with Gasteiger partial charge in [0.2, 0.25) is 0 Å². The van der Waals surface area contributed by atoms with E-state index >= 15 is 0 Å². The number of nitrogens with one attached hydrogen (secondary N) is 3. The minimum atomic E-state index is -0.628. The van der Waals surface area contributed by atoms with E-state index in [4.69, 9.17) is 5.73 Å². The van der Waals surface area contributed by atoms with E-state index in [1.165, 1.54) is 12.8 Å². The molecule has 21 heavy (non-hydrogen) atoms. The molecule has 0 amide bonds. The van der Waals surface area contributed by atoms with Crippen LogP contribution in [0.1, 0.15) is 25.7 Å². The van der Waals surface area contributed by atoms with Crippen molar-refractivity contribution in [3.8, 4) is 0 Å². The minimum Gasteiger partial charge on any atom is -0.382 e. The fraction of sp³-hybridized carbons (Fsp3) is 0.467. The van der Waals surface area contributed by atoms with Gasteiger partial charge in [0.1, 0.15) is 0 Å². The molecule has 2 aromatic rings. The Labute approximate surface area is 121 Å². The van der Waals surface area contributed by atoms with Crippen molar-refractivity contribution >= 4 is 16.7 Å². The molecule has 0 bridgehead atoms. The third-order valence-electron chi connectivity index (χ3n) is 4.29. The normalized spacial score (nSPS) is 22.3. The lowest BCUT2D eigenvalue weighted by Gasteiger charge is -2.32. The van der Waals surface area contributed by atoms with Crippen LogP contribution < -0.4 is 22.2 Å². The molecule has 2 unspecified atom stereocenters. The predicted molar refractivity (Wildman–Crippen MR) is 83.6 cm³/mol. The van der Waals surface area contributed by atoms with Crippen LogP contribution in [0.3, 0.4) is 0 Å². The van der Waals surface area contributed by atoms with Crippen molar-refractivity contribution in [1.82, 2.24) is 9.97 Å². The van der Waals surface area contributed by atoms with Gasteiger partial charge in [-0.1, -0.05) is 12.8 Å². The predicted octanol–water partition coefficient (Wildman–Crippen LogP) is 1.15. The number of hydrogen-bond donors (Lipinski definition) is 4. The van der Waals surface area contributed by atoms with Gasteiger partial charge >= 0.3 is 11.1 Å². The van der Waals surface area contributed by atoms with E-state index in [2.05, 4.69) is 15.3 Å². The van der Waals surface area contributed by atoms with Gasteiger partial charge in [0, 0.05) is 11.7 Å². The topological polar surface area (TPSA) is 104 Å². The first-order valence-electron chi connectivity index (χ1n) is 7.40. The fourth-order valence-electron chi connectivity index (χ4n) is 3.10. The molecule has 0 saturated heterocycles. The highest BCUT2D eigenvalue weighted by atomic mass is 16.2. The highest BCUT2D eigenvalue weighted by molar-refractivity contribution is 5.78. The molecule has 6 heteroatoms. The van der Waals surface area contributed by atoms with Crippen molar-refractivity contribution in [3.05, 3.63) is 38.9 Å². The molecule has 6 nitrogen and oxygen atoms in total. The Bertz CT molecular complexity index is 749. The van der Waals surface area contributed by atoms with Crippen molar-refractivity contribution in [3.63, 3.8) is 0 Å². The first-order chi connectivity index (χ1) is 10.2. The SMILES string of the molecule is NCC1CCCCC1Nc1ccc2[nH]c(=O)c(=O)[nH]c2c1. The zero-order valence-corrected chi connectivity index (χ0v) is 11.8. The number of hydrogen-bond acceptors (Lipinski definition) is 4. The lowest BCUT2D eigenvalue weighted by Crippen LogP contribution is -2.36. The molecule has 1 aromatic carbocycles. The summed E-state index contributed by atoms with van der Waals surface area (Å²) in [6.07, 6.45) is 4.73. The van der Waals surface area contributed by atoms with Gasteiger partial charge in [-0.2, -0.15) is 0 Å². The fourth-order valence-corrected chi connectivity index (χ4v) is 3.10. The summed E-state index contributed by atoms with van der Waals surface area (Å²) >= 11 is 0. The Morgan fingerprint density at radius 2 is 1.81 bits per heavy atom. The molecule has 1 saturated carbocycles. The van der Waals surface area contributed by atoms with E-state index in [-0.39, 0.29) is 0 Å². The molecule has 1 heterocycles. The highest BCUT2D eigenvalue weighted by Gasteiger charge is 2.23. The average Bonchev–Trinajstić information content (AvgIpc) is 2.49. The molecule has 1 aliphatic carbocycles. The van der Waals surface area contributed by atoms with Gasteiger partial charge in [0.15, 0.2) is 0 Å². The first kappa shape index (κ1) is 13.9. The van der Waals surface area contributed by atoms with Gasteiger partial charge in [-0.05, 0) is 43.5 Å². The van der Waals surface area contributed by atoms with E-state index in [9.17, 15) is 9.59 Å². The van der Waals surface area contributed by atoms with E-state index in [1.54, 1.807) is 6.07 Å². The Morgan fingerprint density at radius 3 is 2.57 bits per heavy atom. The molecule has 3 rings (SSSR count). The van der Waals surface area contributed by atoms with Crippen molar-refractivity contribution in [1.29, 1.82) is 0 Å². The second-order valence-electron chi connectivity index (χ2n) is 5.70. The summed E-state index contributed by atoms with van der Waals surface area (Å²) in [6.45, 7) is 0.690. The van der Waals surface area contributed by atoms with Crippen LogP contribution in [0.25, 0.3) is 11.0 Å². The molecule has 112 valence electrons. The summed E-state index contributed by atoms with van der Waals surface area (Å²) in [5, 5.41) is 3.51. The molecular formula is C15H20N4O2. The van der Waals surface area contributed by atoms with E-state index in [0.29, 0.717) is 29.5 Å². The maximum absolute atomic E-state index is 11.4. The number of rotatable bonds is 3. The number of nitrogens with two attached hydrogens (primary N) is 1. The minimum absolute atomic E-state index is 0.371. The zero-order valence-electron chi connectivity index (χ0n) is 11.8. The third-order valence-corrected chi connectivity index (χ3v) is 4.29. The average molecular weight is 288 g/mol. The van der Waals surface area contributed by atoms with Crippen molar-refractivity contribution in [2.75, 3.05) is 11.9 Å². The summed E-state index contributed by atoms with van der Waals surface area (Å²) in [7, 11) is 0. The molecule has 2 atom stereocenters. The van der Waals surface area contributed by atoms with Crippen LogP contribution in [0.5, 0.6) is 0 Å². The van der Waals surface area contributed by atoms with Crippen LogP contribution in [0.2, 0.25) is 0 Å². The molecule has 1 aliphatic rings. The van der Waals surface area contributed by atoms with E-state index in [1.807, 2.05) is 12.1 Å². The number of H-pyrrole nitrogens is 2. The van der Waals surface area contributed by atoms with Crippen LogP contribution in [0.15, 0.2) is 27.8 Å². The quantitative estimate of drug-likeness (QED) is 0.636. The number of benzene rings is 1. The van der Waals surface area contributed by atoms with Crippen LogP contribution in [-0.2, 0) is 0 Å². The van der Waals surface area contributed by atoms with E-state index < -0.39 is 11.1 Å². The first-order valence-corrected chi connectivity index (χ1v) is 7.40. The molecule has 0 aliphatic heterocycles. The third kappa shape index (κ3) is 2.85. The van der Waals surface area contributed by atoms with Crippen LogP contribution in [0, 0.1) is 5.92 Å². The van der Waals surface area contributed by atoms with Gasteiger partial charge < -0.3 is 21.0 Å². The highest BCUT2D eigenvalue weighted by Crippen LogP contribution is 2.27. The lowest BCUT2D eigenvalue weighted by atomic mass is 9.84. The largest absolute Gasteiger partial charge is 0.382 e. The number of aromatic amines is 2. The number of anilines is 1. The van der Waals surface area contributed by atoms with Gasteiger partial charge in [0.25, 0.3) is 0 Å². The smallest absolute Gasteiger partial charge is 0.314 e. The molecule has 1 aromatic heterocycles.